The lowest BCUT2D eigenvalue weighted by Crippen LogP contribution is -2.36. The Morgan fingerprint density at radius 3 is 2.78 bits per heavy atom. The van der Waals surface area contributed by atoms with Crippen molar-refractivity contribution >= 4 is 5.69 Å². The summed E-state index contributed by atoms with van der Waals surface area (Å²) in [4.78, 5) is 5.17. The Hall–Kier alpha value is -1.06. The summed E-state index contributed by atoms with van der Waals surface area (Å²) in [5.74, 6) is 0. The van der Waals surface area contributed by atoms with Crippen LogP contribution in [0.4, 0.5) is 5.69 Å². The van der Waals surface area contributed by atoms with Gasteiger partial charge in [0.1, 0.15) is 0 Å². The van der Waals surface area contributed by atoms with Gasteiger partial charge in [0.15, 0.2) is 0 Å². The van der Waals surface area contributed by atoms with Crippen molar-refractivity contribution in [1.29, 1.82) is 0 Å². The Balaban J connectivity index is 1.69. The number of likely N-dealkylation sites (N-methyl/N-ethyl adjacent to an activating group) is 1. The highest BCUT2D eigenvalue weighted by Gasteiger charge is 2.34. The molecule has 0 spiro atoms. The number of nitrogen functional groups attached to an aromatic ring is 1. The molecule has 1 aromatic rings. The lowest BCUT2D eigenvalue weighted by atomic mass is 10.1. The van der Waals surface area contributed by atoms with Gasteiger partial charge in [0.05, 0.1) is 0 Å². The van der Waals surface area contributed by atoms with Gasteiger partial charge < -0.3 is 5.73 Å². The molecule has 3 nitrogen and oxygen atoms in total. The summed E-state index contributed by atoms with van der Waals surface area (Å²) in [6.45, 7) is 3.41. The van der Waals surface area contributed by atoms with Crippen LogP contribution in [0.1, 0.15) is 24.8 Å². The molecule has 18 heavy (non-hydrogen) atoms. The number of fused-ring (bicyclic) bond motifs is 2. The van der Waals surface area contributed by atoms with E-state index in [0.29, 0.717) is 0 Å². The van der Waals surface area contributed by atoms with E-state index in [2.05, 4.69) is 29.0 Å². The van der Waals surface area contributed by atoms with Crippen LogP contribution in [-0.2, 0) is 6.54 Å². The van der Waals surface area contributed by atoms with Gasteiger partial charge in [0.2, 0.25) is 0 Å². The molecule has 0 saturated carbocycles. The molecule has 2 saturated heterocycles. The maximum atomic E-state index is 6.04. The van der Waals surface area contributed by atoms with Gasteiger partial charge in [-0.05, 0) is 37.9 Å². The topological polar surface area (TPSA) is 32.5 Å². The Kier molecular flexibility index (Phi) is 3.27. The fraction of sp³-hybridized carbons (Fsp3) is 0.600. The SMILES string of the molecule is CN1C2CCC1CN(Cc1ccccc1N)CC2. The average Bonchev–Trinajstić information content (AvgIpc) is 2.60. The quantitative estimate of drug-likeness (QED) is 0.808. The molecule has 1 aromatic carbocycles. The van der Waals surface area contributed by atoms with E-state index in [-0.39, 0.29) is 0 Å². The van der Waals surface area contributed by atoms with E-state index in [1.54, 1.807) is 0 Å². The Bertz CT molecular complexity index is 418. The summed E-state index contributed by atoms with van der Waals surface area (Å²) in [6.07, 6.45) is 4.06. The van der Waals surface area contributed by atoms with Crippen molar-refractivity contribution in [3.63, 3.8) is 0 Å². The molecular formula is C15H23N3. The second-order valence-corrected chi connectivity index (χ2v) is 5.77. The Morgan fingerprint density at radius 2 is 1.94 bits per heavy atom. The first-order valence-electron chi connectivity index (χ1n) is 7.01. The minimum absolute atomic E-state index is 0.752. The monoisotopic (exact) mass is 245 g/mol. The third kappa shape index (κ3) is 2.25. The van der Waals surface area contributed by atoms with Crippen LogP contribution in [0.25, 0.3) is 0 Å². The van der Waals surface area contributed by atoms with E-state index in [9.17, 15) is 0 Å². The number of benzene rings is 1. The maximum Gasteiger partial charge on any atom is 0.0359 e. The summed E-state index contributed by atoms with van der Waals surface area (Å²) in [7, 11) is 2.29. The third-order valence-electron chi connectivity index (χ3n) is 4.68. The molecule has 2 bridgehead atoms. The van der Waals surface area contributed by atoms with Crippen LogP contribution < -0.4 is 5.73 Å². The number of nitrogens with zero attached hydrogens (tertiary/aromatic N) is 2. The number of hydrogen-bond donors (Lipinski definition) is 1. The number of nitrogens with two attached hydrogens (primary N) is 1. The molecule has 3 rings (SSSR count). The standard InChI is InChI=1S/C15H23N3/c1-17-13-6-7-14(17)11-18(9-8-13)10-12-4-2-3-5-15(12)16/h2-5,13-14H,6-11,16H2,1H3. The van der Waals surface area contributed by atoms with E-state index in [1.807, 2.05) is 12.1 Å². The highest BCUT2D eigenvalue weighted by molar-refractivity contribution is 5.46. The first kappa shape index (κ1) is 12.0. The van der Waals surface area contributed by atoms with Gasteiger partial charge in [-0.15, -0.1) is 0 Å². The van der Waals surface area contributed by atoms with Gasteiger partial charge >= 0.3 is 0 Å². The van der Waals surface area contributed by atoms with E-state index in [4.69, 9.17) is 5.73 Å². The normalized spacial score (nSPS) is 29.4. The number of rotatable bonds is 2. The summed E-state index contributed by atoms with van der Waals surface area (Å²) in [6, 6.07) is 9.82. The van der Waals surface area contributed by atoms with Gasteiger partial charge in [0, 0.05) is 37.4 Å². The van der Waals surface area contributed by atoms with E-state index < -0.39 is 0 Å². The van der Waals surface area contributed by atoms with Crippen LogP contribution in [0.2, 0.25) is 0 Å². The molecule has 2 fully saturated rings. The molecule has 98 valence electrons. The van der Waals surface area contributed by atoms with E-state index in [1.165, 1.54) is 37.9 Å². The summed E-state index contributed by atoms with van der Waals surface area (Å²) < 4.78 is 0. The average molecular weight is 245 g/mol. The molecule has 0 radical (unpaired) electrons. The van der Waals surface area contributed by atoms with Gasteiger partial charge in [-0.1, -0.05) is 18.2 Å². The smallest absolute Gasteiger partial charge is 0.0359 e. The zero-order valence-electron chi connectivity index (χ0n) is 11.2. The van der Waals surface area contributed by atoms with Crippen LogP contribution in [0.5, 0.6) is 0 Å². The van der Waals surface area contributed by atoms with E-state index >= 15 is 0 Å². The molecule has 2 N–H and O–H groups in total. The largest absolute Gasteiger partial charge is 0.398 e. The molecule has 0 amide bonds. The van der Waals surface area contributed by atoms with Crippen molar-refractivity contribution in [3.05, 3.63) is 29.8 Å². The van der Waals surface area contributed by atoms with Crippen LogP contribution in [0.15, 0.2) is 24.3 Å². The van der Waals surface area contributed by atoms with Crippen molar-refractivity contribution in [2.75, 3.05) is 25.9 Å². The fourth-order valence-corrected chi connectivity index (χ4v) is 3.44. The zero-order valence-corrected chi connectivity index (χ0v) is 11.2. The molecule has 2 heterocycles. The van der Waals surface area contributed by atoms with Crippen LogP contribution >= 0.6 is 0 Å². The fourth-order valence-electron chi connectivity index (χ4n) is 3.44. The summed E-state index contributed by atoms with van der Waals surface area (Å²) >= 11 is 0. The Morgan fingerprint density at radius 1 is 1.17 bits per heavy atom. The molecule has 2 atom stereocenters. The number of likely N-dealkylation sites (tertiary alicyclic amines) is 1. The lowest BCUT2D eigenvalue weighted by Gasteiger charge is -2.26. The van der Waals surface area contributed by atoms with E-state index in [0.717, 1.165) is 24.3 Å². The van der Waals surface area contributed by atoms with Crippen molar-refractivity contribution in [2.45, 2.75) is 37.9 Å². The lowest BCUT2D eigenvalue weighted by molar-refractivity contribution is 0.215. The minimum Gasteiger partial charge on any atom is -0.398 e. The second-order valence-electron chi connectivity index (χ2n) is 5.77. The molecule has 2 unspecified atom stereocenters. The maximum absolute atomic E-state index is 6.04. The van der Waals surface area contributed by atoms with Crippen molar-refractivity contribution < 1.29 is 0 Å². The second kappa shape index (κ2) is 4.90. The third-order valence-corrected chi connectivity index (χ3v) is 4.68. The van der Waals surface area contributed by atoms with Gasteiger partial charge in [-0.3, -0.25) is 9.80 Å². The van der Waals surface area contributed by atoms with Crippen molar-refractivity contribution in [1.82, 2.24) is 9.80 Å². The van der Waals surface area contributed by atoms with Gasteiger partial charge in [0.25, 0.3) is 0 Å². The number of hydrogen-bond acceptors (Lipinski definition) is 3. The minimum atomic E-state index is 0.752. The summed E-state index contributed by atoms with van der Waals surface area (Å²) in [5, 5.41) is 0. The molecule has 2 aliphatic heterocycles. The highest BCUT2D eigenvalue weighted by Crippen LogP contribution is 2.29. The van der Waals surface area contributed by atoms with Crippen molar-refractivity contribution in [2.24, 2.45) is 0 Å². The summed E-state index contributed by atoms with van der Waals surface area (Å²) in [5.41, 5.74) is 8.25. The predicted octanol–water partition coefficient (Wildman–Crippen LogP) is 1.94. The molecule has 3 heteroatoms. The first-order chi connectivity index (χ1) is 8.74. The molecule has 0 aromatic heterocycles. The predicted molar refractivity (Wildman–Crippen MR) is 75.3 cm³/mol. The highest BCUT2D eigenvalue weighted by atomic mass is 15.3. The van der Waals surface area contributed by atoms with Crippen LogP contribution in [0, 0.1) is 0 Å². The number of anilines is 1. The van der Waals surface area contributed by atoms with Crippen molar-refractivity contribution in [3.8, 4) is 0 Å². The number of para-hydroxylation sites is 1. The van der Waals surface area contributed by atoms with Crippen LogP contribution in [-0.4, -0.2) is 42.0 Å². The Labute approximate surface area is 110 Å². The molecule has 2 aliphatic rings. The molecule has 0 aliphatic carbocycles. The molecular weight excluding hydrogens is 222 g/mol. The first-order valence-corrected chi connectivity index (χ1v) is 7.01. The zero-order chi connectivity index (χ0) is 12.5. The van der Waals surface area contributed by atoms with Gasteiger partial charge in [-0.25, -0.2) is 0 Å². The van der Waals surface area contributed by atoms with Crippen LogP contribution in [0.3, 0.4) is 0 Å². The van der Waals surface area contributed by atoms with Gasteiger partial charge in [-0.2, -0.15) is 0 Å².